The molecule has 3 aromatic rings. The van der Waals surface area contributed by atoms with Gasteiger partial charge in [0.2, 0.25) is 0 Å². The molecule has 0 aliphatic carbocycles. The molecule has 0 aliphatic heterocycles. The van der Waals surface area contributed by atoms with E-state index in [9.17, 15) is 5.11 Å². The Bertz CT molecular complexity index is 928. The molecule has 0 radical (unpaired) electrons. The summed E-state index contributed by atoms with van der Waals surface area (Å²) in [4.78, 5) is 4.62. The highest BCUT2D eigenvalue weighted by Gasteiger charge is 2.12. The first-order chi connectivity index (χ1) is 14.2. The van der Waals surface area contributed by atoms with E-state index in [1.54, 1.807) is 24.9 Å². The molecular formula is C21H29N5O3. The number of benzene rings is 1. The van der Waals surface area contributed by atoms with Gasteiger partial charge in [0, 0.05) is 30.3 Å². The number of nitrogens with one attached hydrogen (secondary N) is 2. The highest BCUT2D eigenvalue weighted by molar-refractivity contribution is 5.57. The molecule has 2 aromatic heterocycles. The Labute approximate surface area is 170 Å². The minimum absolute atomic E-state index is 0.0284. The van der Waals surface area contributed by atoms with E-state index >= 15 is 0 Å². The van der Waals surface area contributed by atoms with Gasteiger partial charge in [-0.2, -0.15) is 9.61 Å². The molecule has 0 spiro atoms. The van der Waals surface area contributed by atoms with E-state index in [1.807, 2.05) is 30.3 Å². The summed E-state index contributed by atoms with van der Waals surface area (Å²) in [5.41, 5.74) is 1.72. The topological polar surface area (TPSA) is 92.9 Å². The molecule has 0 amide bonds. The van der Waals surface area contributed by atoms with Gasteiger partial charge in [0.25, 0.3) is 0 Å². The fourth-order valence-corrected chi connectivity index (χ4v) is 3.16. The Morgan fingerprint density at radius 3 is 2.76 bits per heavy atom. The first-order valence-electron chi connectivity index (χ1n) is 9.85. The van der Waals surface area contributed by atoms with Crippen molar-refractivity contribution in [1.29, 1.82) is 0 Å². The number of aliphatic hydroxyl groups excluding tert-OH is 1. The molecule has 1 atom stereocenters. The summed E-state index contributed by atoms with van der Waals surface area (Å²) < 4.78 is 12.5. The maximum absolute atomic E-state index is 9.71. The van der Waals surface area contributed by atoms with Crippen LogP contribution in [0.15, 0.2) is 36.5 Å². The summed E-state index contributed by atoms with van der Waals surface area (Å²) in [6.07, 6.45) is 4.74. The maximum Gasteiger partial charge on any atom is 0.159 e. The molecule has 156 valence electrons. The highest BCUT2D eigenvalue weighted by atomic mass is 16.5. The predicted octanol–water partition coefficient (Wildman–Crippen LogP) is 3.32. The van der Waals surface area contributed by atoms with Gasteiger partial charge in [-0.3, -0.25) is 0 Å². The quantitative estimate of drug-likeness (QED) is 0.455. The number of aromatic nitrogens is 3. The number of hydrogen-bond acceptors (Lipinski definition) is 7. The van der Waals surface area contributed by atoms with Crippen molar-refractivity contribution in [1.82, 2.24) is 14.6 Å². The van der Waals surface area contributed by atoms with Crippen molar-refractivity contribution in [3.05, 3.63) is 42.1 Å². The predicted molar refractivity (Wildman–Crippen MR) is 114 cm³/mol. The van der Waals surface area contributed by atoms with Crippen LogP contribution in [0.3, 0.4) is 0 Å². The lowest BCUT2D eigenvalue weighted by Gasteiger charge is -2.19. The van der Waals surface area contributed by atoms with Gasteiger partial charge in [-0.25, -0.2) is 4.98 Å². The fraction of sp³-hybridized carbons (Fsp3) is 0.429. The van der Waals surface area contributed by atoms with Gasteiger partial charge in [0.1, 0.15) is 23.1 Å². The third kappa shape index (κ3) is 5.08. The van der Waals surface area contributed by atoms with Crippen molar-refractivity contribution in [2.45, 2.75) is 38.8 Å². The second-order valence-corrected chi connectivity index (χ2v) is 6.83. The third-order valence-corrected chi connectivity index (χ3v) is 4.79. The standard InChI is InChI=1S/C21H29N5O3/c1-4-5-6-16(14-27)24-21-12-19(25-20-9-10-23-26(20)21)22-13-15-7-8-17(28-2)11-18(15)29-3/h7-12,16,24,27H,4-6,13-14H2,1-3H3,(H,22,25)/t16-/m1/s1. The zero-order valence-electron chi connectivity index (χ0n) is 17.2. The summed E-state index contributed by atoms with van der Waals surface area (Å²) in [6, 6.07) is 9.46. The number of unbranched alkanes of at least 4 members (excludes halogenated alkanes) is 1. The second kappa shape index (κ2) is 9.97. The van der Waals surface area contributed by atoms with E-state index in [1.165, 1.54) is 0 Å². The molecule has 0 saturated heterocycles. The molecule has 3 rings (SSSR count). The van der Waals surface area contributed by atoms with E-state index in [2.05, 4.69) is 27.6 Å². The minimum atomic E-state index is -0.0284. The van der Waals surface area contributed by atoms with Gasteiger partial charge < -0.3 is 25.2 Å². The molecular weight excluding hydrogens is 370 g/mol. The van der Waals surface area contributed by atoms with Gasteiger partial charge in [-0.05, 0) is 18.6 Å². The van der Waals surface area contributed by atoms with Crippen LogP contribution < -0.4 is 20.1 Å². The third-order valence-electron chi connectivity index (χ3n) is 4.79. The van der Waals surface area contributed by atoms with Crippen molar-refractivity contribution < 1.29 is 14.6 Å². The van der Waals surface area contributed by atoms with Crippen molar-refractivity contribution in [2.24, 2.45) is 0 Å². The van der Waals surface area contributed by atoms with Crippen LogP contribution in [0.1, 0.15) is 31.7 Å². The van der Waals surface area contributed by atoms with Crippen molar-refractivity contribution in [3.63, 3.8) is 0 Å². The van der Waals surface area contributed by atoms with Crippen LogP contribution in [0.25, 0.3) is 5.65 Å². The number of aliphatic hydroxyl groups is 1. The lowest BCUT2D eigenvalue weighted by molar-refractivity contribution is 0.266. The van der Waals surface area contributed by atoms with Gasteiger partial charge in [-0.1, -0.05) is 19.8 Å². The molecule has 3 N–H and O–H groups in total. The van der Waals surface area contributed by atoms with Crippen LogP contribution >= 0.6 is 0 Å². The Hall–Kier alpha value is -3.00. The molecule has 0 aliphatic rings. The zero-order valence-corrected chi connectivity index (χ0v) is 17.2. The van der Waals surface area contributed by atoms with E-state index in [-0.39, 0.29) is 12.6 Å². The number of nitrogens with zero attached hydrogens (tertiary/aromatic N) is 3. The Morgan fingerprint density at radius 1 is 1.17 bits per heavy atom. The van der Waals surface area contributed by atoms with E-state index in [4.69, 9.17) is 9.47 Å². The number of methoxy groups -OCH3 is 2. The van der Waals surface area contributed by atoms with Gasteiger partial charge in [-0.15, -0.1) is 0 Å². The molecule has 2 heterocycles. The summed E-state index contributed by atoms with van der Waals surface area (Å²) in [7, 11) is 3.27. The SMILES string of the molecule is CCCC[C@H](CO)Nc1cc(NCc2ccc(OC)cc2OC)nc2ccnn12. The van der Waals surface area contributed by atoms with Gasteiger partial charge in [0.15, 0.2) is 5.65 Å². The van der Waals surface area contributed by atoms with Crippen LogP contribution in [0.4, 0.5) is 11.6 Å². The Morgan fingerprint density at radius 2 is 2.03 bits per heavy atom. The van der Waals surface area contributed by atoms with E-state index in [0.29, 0.717) is 12.4 Å². The number of anilines is 2. The smallest absolute Gasteiger partial charge is 0.159 e. The van der Waals surface area contributed by atoms with Crippen LogP contribution in [-0.2, 0) is 6.54 Å². The van der Waals surface area contributed by atoms with Crippen LogP contribution in [0.5, 0.6) is 11.5 Å². The maximum atomic E-state index is 9.71. The lowest BCUT2D eigenvalue weighted by Crippen LogP contribution is -2.25. The van der Waals surface area contributed by atoms with Crippen LogP contribution in [0, 0.1) is 0 Å². The van der Waals surface area contributed by atoms with Crippen LogP contribution in [-0.4, -0.2) is 46.6 Å². The zero-order chi connectivity index (χ0) is 20.6. The molecule has 1 aromatic carbocycles. The van der Waals surface area contributed by atoms with Crippen molar-refractivity contribution in [3.8, 4) is 11.5 Å². The lowest BCUT2D eigenvalue weighted by atomic mass is 10.1. The number of rotatable bonds is 11. The monoisotopic (exact) mass is 399 g/mol. The summed E-state index contributed by atoms with van der Waals surface area (Å²) in [6.45, 7) is 2.75. The normalized spacial score (nSPS) is 12.0. The summed E-state index contributed by atoms with van der Waals surface area (Å²) in [5, 5.41) is 20.8. The average molecular weight is 399 g/mol. The Balaban J connectivity index is 1.80. The number of ether oxygens (including phenoxy) is 2. The summed E-state index contributed by atoms with van der Waals surface area (Å²) >= 11 is 0. The molecule has 29 heavy (non-hydrogen) atoms. The first-order valence-corrected chi connectivity index (χ1v) is 9.85. The fourth-order valence-electron chi connectivity index (χ4n) is 3.16. The van der Waals surface area contributed by atoms with Crippen molar-refractivity contribution >= 4 is 17.3 Å². The molecule has 0 bridgehead atoms. The number of fused-ring (bicyclic) bond motifs is 1. The Kier molecular flexibility index (Phi) is 7.13. The first kappa shape index (κ1) is 20.7. The van der Waals surface area contributed by atoms with E-state index < -0.39 is 0 Å². The van der Waals surface area contributed by atoms with Crippen molar-refractivity contribution in [2.75, 3.05) is 31.5 Å². The minimum Gasteiger partial charge on any atom is -0.497 e. The summed E-state index contributed by atoms with van der Waals surface area (Å²) in [5.74, 6) is 3.00. The largest absolute Gasteiger partial charge is 0.497 e. The van der Waals surface area contributed by atoms with Gasteiger partial charge >= 0.3 is 0 Å². The van der Waals surface area contributed by atoms with Gasteiger partial charge in [0.05, 0.1) is 33.1 Å². The molecule has 0 fully saturated rings. The molecule has 0 unspecified atom stereocenters. The average Bonchev–Trinajstić information content (AvgIpc) is 3.23. The molecule has 8 nitrogen and oxygen atoms in total. The number of hydrogen-bond donors (Lipinski definition) is 3. The second-order valence-electron chi connectivity index (χ2n) is 6.83. The molecule has 8 heteroatoms. The highest BCUT2D eigenvalue weighted by Crippen LogP contribution is 2.26. The van der Waals surface area contributed by atoms with E-state index in [0.717, 1.165) is 47.8 Å². The van der Waals surface area contributed by atoms with Crippen LogP contribution in [0.2, 0.25) is 0 Å². The molecule has 0 saturated carbocycles.